The molecule has 35 heavy (non-hydrogen) atoms. The zero-order valence-electron chi connectivity index (χ0n) is 19.4. The number of rotatable bonds is 5. The predicted molar refractivity (Wildman–Crippen MR) is 141 cm³/mol. The minimum absolute atomic E-state index is 0.124. The molecule has 2 amide bonds. The lowest BCUT2D eigenvalue weighted by Gasteiger charge is -2.27. The molecule has 0 aliphatic carbocycles. The molecule has 0 radical (unpaired) electrons. The van der Waals surface area contributed by atoms with Crippen LogP contribution in [0.2, 0.25) is 0 Å². The molecule has 0 spiro atoms. The molecule has 3 aromatic carbocycles. The van der Waals surface area contributed by atoms with Crippen LogP contribution in [0.3, 0.4) is 0 Å². The number of benzene rings is 3. The maximum absolute atomic E-state index is 13.2. The monoisotopic (exact) mass is 600 g/mol. The molecular weight excluding hydrogens is 576 g/mol. The van der Waals surface area contributed by atoms with Gasteiger partial charge in [-0.2, -0.15) is 0 Å². The van der Waals surface area contributed by atoms with E-state index < -0.39 is 17.9 Å². The molecule has 1 aliphatic heterocycles. The van der Waals surface area contributed by atoms with Crippen molar-refractivity contribution in [3.8, 4) is 11.5 Å². The second-order valence-electron chi connectivity index (χ2n) is 8.74. The largest absolute Gasteiger partial charge is 0.457 e. The van der Waals surface area contributed by atoms with Crippen LogP contribution in [-0.4, -0.2) is 46.4 Å². The van der Waals surface area contributed by atoms with E-state index >= 15 is 0 Å². The number of amides is 2. The summed E-state index contributed by atoms with van der Waals surface area (Å²) in [6.45, 7) is 2.32. The highest BCUT2D eigenvalue weighted by atomic mass is 79.9. The van der Waals surface area contributed by atoms with E-state index in [9.17, 15) is 14.7 Å². The molecule has 0 bridgehead atoms. The van der Waals surface area contributed by atoms with Gasteiger partial charge in [0.05, 0.1) is 12.1 Å². The van der Waals surface area contributed by atoms with E-state index in [2.05, 4.69) is 31.9 Å². The van der Waals surface area contributed by atoms with E-state index in [0.717, 1.165) is 25.6 Å². The highest BCUT2D eigenvalue weighted by Gasteiger charge is 2.38. The van der Waals surface area contributed by atoms with Crippen LogP contribution in [0.25, 0.3) is 0 Å². The Kier molecular flexibility index (Phi) is 7.94. The highest BCUT2D eigenvalue weighted by Crippen LogP contribution is 2.34. The summed E-state index contributed by atoms with van der Waals surface area (Å²) in [5.41, 5.74) is 2.78. The third-order valence-corrected chi connectivity index (χ3v) is 7.03. The van der Waals surface area contributed by atoms with E-state index in [4.69, 9.17) is 4.74 Å². The first kappa shape index (κ1) is 25.4. The van der Waals surface area contributed by atoms with Crippen molar-refractivity contribution < 1.29 is 19.4 Å². The average molecular weight is 602 g/mol. The highest BCUT2D eigenvalue weighted by molar-refractivity contribution is 9.10. The smallest absolute Gasteiger partial charge is 0.312 e. The SMILES string of the molecule is Cc1ccc(Oc2cc(Br)ccc2CN(C)C(=O)C(=O)N2CC(O)CC2c2ccc(Br)cc2)cc1. The lowest BCUT2D eigenvalue weighted by Crippen LogP contribution is -2.43. The van der Waals surface area contributed by atoms with Crippen molar-refractivity contribution in [2.24, 2.45) is 0 Å². The maximum atomic E-state index is 13.2. The zero-order valence-corrected chi connectivity index (χ0v) is 22.6. The van der Waals surface area contributed by atoms with Gasteiger partial charge in [-0.25, -0.2) is 0 Å². The third kappa shape index (κ3) is 6.12. The Morgan fingerprint density at radius 1 is 1.03 bits per heavy atom. The van der Waals surface area contributed by atoms with Crippen LogP contribution in [0, 0.1) is 6.92 Å². The number of aryl methyl sites for hydroxylation is 1. The summed E-state index contributed by atoms with van der Waals surface area (Å²) >= 11 is 6.89. The van der Waals surface area contributed by atoms with Gasteiger partial charge in [0.1, 0.15) is 11.5 Å². The summed E-state index contributed by atoms with van der Waals surface area (Å²) < 4.78 is 7.85. The van der Waals surface area contributed by atoms with E-state index in [1.807, 2.05) is 73.7 Å². The van der Waals surface area contributed by atoms with Gasteiger partial charge in [-0.05, 0) is 55.3 Å². The van der Waals surface area contributed by atoms with Crippen LogP contribution in [0.1, 0.15) is 29.2 Å². The van der Waals surface area contributed by atoms with E-state index in [0.29, 0.717) is 17.9 Å². The number of nitrogens with zero attached hydrogens (tertiary/aromatic N) is 2. The molecule has 182 valence electrons. The molecular formula is C27H26Br2N2O4. The van der Waals surface area contributed by atoms with Crippen LogP contribution in [0.4, 0.5) is 0 Å². The lowest BCUT2D eigenvalue weighted by molar-refractivity contribution is -0.152. The Hall–Kier alpha value is -2.68. The van der Waals surface area contributed by atoms with Gasteiger partial charge in [0.15, 0.2) is 0 Å². The van der Waals surface area contributed by atoms with Gasteiger partial charge in [0, 0.05) is 34.6 Å². The van der Waals surface area contributed by atoms with Gasteiger partial charge in [0.2, 0.25) is 0 Å². The number of hydrogen-bond acceptors (Lipinski definition) is 4. The Bertz CT molecular complexity index is 1210. The van der Waals surface area contributed by atoms with Crippen molar-refractivity contribution in [3.05, 3.63) is 92.4 Å². The van der Waals surface area contributed by atoms with Gasteiger partial charge in [-0.15, -0.1) is 0 Å². The number of carbonyl (C=O) groups is 2. The minimum atomic E-state index is -0.674. The summed E-state index contributed by atoms with van der Waals surface area (Å²) in [7, 11) is 1.60. The van der Waals surface area contributed by atoms with Crippen molar-refractivity contribution in [2.45, 2.75) is 32.0 Å². The van der Waals surface area contributed by atoms with Gasteiger partial charge in [-0.3, -0.25) is 9.59 Å². The van der Waals surface area contributed by atoms with E-state index in [1.54, 1.807) is 7.05 Å². The van der Waals surface area contributed by atoms with Crippen LogP contribution in [-0.2, 0) is 16.1 Å². The van der Waals surface area contributed by atoms with E-state index in [-0.39, 0.29) is 19.1 Å². The Morgan fingerprint density at radius 2 is 1.69 bits per heavy atom. The molecule has 6 nitrogen and oxygen atoms in total. The number of aliphatic hydroxyl groups excluding tert-OH is 1. The molecule has 8 heteroatoms. The van der Waals surface area contributed by atoms with Crippen LogP contribution in [0.5, 0.6) is 11.5 Å². The Labute approximate surface area is 221 Å². The Morgan fingerprint density at radius 3 is 2.37 bits per heavy atom. The second kappa shape index (κ2) is 10.9. The molecule has 0 saturated carbocycles. The zero-order chi connectivity index (χ0) is 25.1. The summed E-state index contributed by atoms with van der Waals surface area (Å²) in [5.74, 6) is 0.0172. The summed E-state index contributed by atoms with van der Waals surface area (Å²) in [6, 6.07) is 20.5. The fraction of sp³-hybridized carbons (Fsp3) is 0.259. The predicted octanol–water partition coefficient (Wildman–Crippen LogP) is 5.61. The van der Waals surface area contributed by atoms with Crippen molar-refractivity contribution in [1.29, 1.82) is 0 Å². The first-order valence-electron chi connectivity index (χ1n) is 11.2. The number of β-amino-alcohol motifs (C(OH)–C–C–N with tert-alkyl or cyclic N) is 1. The maximum Gasteiger partial charge on any atom is 0.312 e. The molecule has 1 N–H and O–H groups in total. The van der Waals surface area contributed by atoms with Crippen molar-refractivity contribution >= 4 is 43.7 Å². The lowest BCUT2D eigenvalue weighted by atomic mass is 10.0. The van der Waals surface area contributed by atoms with Gasteiger partial charge in [-0.1, -0.05) is 67.8 Å². The van der Waals surface area contributed by atoms with Crippen molar-refractivity contribution in [2.75, 3.05) is 13.6 Å². The first-order chi connectivity index (χ1) is 16.7. The molecule has 2 unspecified atom stereocenters. The molecule has 2 atom stereocenters. The van der Waals surface area contributed by atoms with Gasteiger partial charge < -0.3 is 19.6 Å². The quantitative estimate of drug-likeness (QED) is 0.386. The van der Waals surface area contributed by atoms with Gasteiger partial charge in [0.25, 0.3) is 0 Å². The average Bonchev–Trinajstić information content (AvgIpc) is 3.23. The van der Waals surface area contributed by atoms with E-state index in [1.165, 1.54) is 9.80 Å². The fourth-order valence-corrected chi connectivity index (χ4v) is 4.74. The minimum Gasteiger partial charge on any atom is -0.457 e. The third-order valence-electron chi connectivity index (χ3n) is 6.01. The summed E-state index contributed by atoms with van der Waals surface area (Å²) in [6.07, 6.45) is -0.280. The number of likely N-dealkylation sites (N-methyl/N-ethyl adjacent to an activating group) is 1. The first-order valence-corrected chi connectivity index (χ1v) is 12.8. The topological polar surface area (TPSA) is 70.1 Å². The molecule has 1 aliphatic rings. The number of ether oxygens (including phenoxy) is 1. The molecule has 3 aromatic rings. The number of likely N-dealkylation sites (tertiary alicyclic amines) is 1. The van der Waals surface area contributed by atoms with Crippen LogP contribution < -0.4 is 4.74 Å². The second-order valence-corrected chi connectivity index (χ2v) is 10.6. The van der Waals surface area contributed by atoms with Gasteiger partial charge >= 0.3 is 11.8 Å². The molecule has 4 rings (SSSR count). The van der Waals surface area contributed by atoms with Crippen molar-refractivity contribution in [1.82, 2.24) is 9.80 Å². The number of halogens is 2. The van der Waals surface area contributed by atoms with Crippen molar-refractivity contribution in [3.63, 3.8) is 0 Å². The summed E-state index contributed by atoms with van der Waals surface area (Å²) in [5, 5.41) is 10.3. The normalized spacial score (nSPS) is 17.3. The van der Waals surface area contributed by atoms with Crippen LogP contribution >= 0.6 is 31.9 Å². The number of hydrogen-bond donors (Lipinski definition) is 1. The number of aliphatic hydroxyl groups is 1. The molecule has 0 aromatic heterocycles. The Balaban J connectivity index is 1.50. The number of carbonyl (C=O) groups excluding carboxylic acids is 2. The fourth-order valence-electron chi connectivity index (χ4n) is 4.14. The standard InChI is InChI=1S/C27H26Br2N2O4/c1-17-3-11-23(12-4-17)35-25-13-21(29)10-7-19(25)15-30(2)26(33)27(34)31-16-22(32)14-24(31)18-5-8-20(28)9-6-18/h3-13,22,24,32H,14-16H2,1-2H3. The van der Waals surface area contributed by atoms with Crippen LogP contribution in [0.15, 0.2) is 75.7 Å². The molecule has 1 saturated heterocycles. The molecule has 1 heterocycles. The summed E-state index contributed by atoms with van der Waals surface area (Å²) in [4.78, 5) is 29.2. The molecule has 1 fully saturated rings.